The van der Waals surface area contributed by atoms with Crippen molar-refractivity contribution >= 4 is 28.4 Å². The maximum Gasteiger partial charge on any atom is 0.271 e. The van der Waals surface area contributed by atoms with E-state index < -0.39 is 0 Å². The van der Waals surface area contributed by atoms with Gasteiger partial charge in [0.05, 0.1) is 22.5 Å². The van der Waals surface area contributed by atoms with Crippen LogP contribution in [0.4, 0.5) is 5.69 Å². The Hall–Kier alpha value is -2.63. The van der Waals surface area contributed by atoms with Crippen LogP contribution in [0, 0.1) is 5.92 Å². The zero-order chi connectivity index (χ0) is 23.5. The summed E-state index contributed by atoms with van der Waals surface area (Å²) in [6.07, 6.45) is 20.8. The van der Waals surface area contributed by atoms with E-state index in [9.17, 15) is 14.4 Å². The van der Waals surface area contributed by atoms with Crippen molar-refractivity contribution in [2.24, 2.45) is 5.92 Å². The summed E-state index contributed by atoms with van der Waals surface area (Å²) in [5, 5.41) is 5.81. The monoisotopic (exact) mass is 453 g/mol. The normalized spacial score (nSPS) is 16.6. The molecule has 6 nitrogen and oxygen atoms in total. The number of nitrogens with one attached hydrogen (secondary N) is 2. The molecule has 3 rings (SSSR count). The van der Waals surface area contributed by atoms with E-state index >= 15 is 0 Å². The predicted molar refractivity (Wildman–Crippen MR) is 134 cm³/mol. The summed E-state index contributed by atoms with van der Waals surface area (Å²) >= 11 is 0. The van der Waals surface area contributed by atoms with Gasteiger partial charge in [0, 0.05) is 6.42 Å². The first-order chi connectivity index (χ1) is 16.1. The van der Waals surface area contributed by atoms with Crippen LogP contribution in [-0.2, 0) is 9.59 Å². The maximum absolute atomic E-state index is 12.8. The zero-order valence-corrected chi connectivity index (χ0v) is 20.0. The first-order valence-corrected chi connectivity index (χ1v) is 12.8. The van der Waals surface area contributed by atoms with Crippen molar-refractivity contribution in [3.8, 4) is 0 Å². The summed E-state index contributed by atoms with van der Waals surface area (Å²) in [4.78, 5) is 38.2. The van der Waals surface area contributed by atoms with E-state index in [-0.39, 0.29) is 29.7 Å². The molecule has 180 valence electrons. The van der Waals surface area contributed by atoms with Gasteiger partial charge < -0.3 is 0 Å². The van der Waals surface area contributed by atoms with Gasteiger partial charge in [0.25, 0.3) is 5.56 Å². The summed E-state index contributed by atoms with van der Waals surface area (Å²) < 4.78 is 0. The summed E-state index contributed by atoms with van der Waals surface area (Å²) in [5.74, 6) is -0.635. The van der Waals surface area contributed by atoms with E-state index in [0.717, 1.165) is 6.42 Å². The Morgan fingerprint density at radius 1 is 0.879 bits per heavy atom. The number of unbranched alkanes of at least 4 members (excludes halogenated alkanes) is 11. The van der Waals surface area contributed by atoms with Crippen molar-refractivity contribution in [2.75, 3.05) is 4.90 Å². The van der Waals surface area contributed by atoms with E-state index in [1.807, 2.05) is 0 Å². The highest BCUT2D eigenvalue weighted by Gasteiger charge is 2.38. The Kier molecular flexibility index (Phi) is 9.98. The SMILES string of the molecule is CCCCCCCCCCCCC/C=C/CC1CC(=O)N(c2ccc3c(=O)[nH][nH]c3c2)C1=O. The second kappa shape index (κ2) is 13.2. The highest BCUT2D eigenvalue weighted by Crippen LogP contribution is 2.30. The summed E-state index contributed by atoms with van der Waals surface area (Å²) in [5.41, 5.74) is 0.894. The van der Waals surface area contributed by atoms with Crippen LogP contribution in [0.5, 0.6) is 0 Å². The van der Waals surface area contributed by atoms with Gasteiger partial charge in [-0.2, -0.15) is 0 Å². The van der Waals surface area contributed by atoms with Gasteiger partial charge >= 0.3 is 0 Å². The minimum Gasteiger partial charge on any atom is -0.297 e. The number of hydrogen-bond acceptors (Lipinski definition) is 3. The number of anilines is 1. The third-order valence-corrected chi connectivity index (χ3v) is 6.62. The quantitative estimate of drug-likeness (QED) is 0.186. The standard InChI is InChI=1S/C27H39N3O3/c1-2-3-4-5-6-7-8-9-10-11-12-13-14-15-16-21-19-25(31)30(27(21)33)22-17-18-23-24(20-22)28-29-26(23)32/h14-15,17-18,20-21H,2-13,16,19H2,1H3,(H2,28,29,32)/b15-14+. The molecule has 33 heavy (non-hydrogen) atoms. The van der Waals surface area contributed by atoms with E-state index in [1.165, 1.54) is 75.5 Å². The highest BCUT2D eigenvalue weighted by molar-refractivity contribution is 6.21. The van der Waals surface area contributed by atoms with Crippen LogP contribution < -0.4 is 10.5 Å². The van der Waals surface area contributed by atoms with Crippen LogP contribution in [-0.4, -0.2) is 22.0 Å². The van der Waals surface area contributed by atoms with Gasteiger partial charge in [-0.3, -0.25) is 29.5 Å². The molecule has 1 aliphatic heterocycles. The number of carbonyl (C=O) groups is 2. The number of H-pyrrole nitrogens is 2. The van der Waals surface area contributed by atoms with Crippen LogP contribution in [0.2, 0.25) is 0 Å². The lowest BCUT2D eigenvalue weighted by atomic mass is 10.0. The van der Waals surface area contributed by atoms with E-state index in [2.05, 4.69) is 29.3 Å². The molecule has 1 aliphatic rings. The van der Waals surface area contributed by atoms with Gasteiger partial charge in [-0.15, -0.1) is 0 Å². The molecule has 0 bridgehead atoms. The van der Waals surface area contributed by atoms with E-state index in [0.29, 0.717) is 23.0 Å². The molecule has 2 aromatic rings. The Morgan fingerprint density at radius 3 is 2.24 bits per heavy atom. The number of fused-ring (bicyclic) bond motifs is 1. The number of allylic oxidation sites excluding steroid dienone is 2. The summed E-state index contributed by atoms with van der Waals surface area (Å²) in [6.45, 7) is 2.26. The number of benzene rings is 1. The molecule has 2 N–H and O–H groups in total. The van der Waals surface area contributed by atoms with E-state index in [4.69, 9.17) is 0 Å². The minimum atomic E-state index is -0.299. The smallest absolute Gasteiger partial charge is 0.271 e. The van der Waals surface area contributed by atoms with Crippen LogP contribution in [0.25, 0.3) is 10.9 Å². The van der Waals surface area contributed by atoms with E-state index in [1.54, 1.807) is 18.2 Å². The van der Waals surface area contributed by atoms with Gasteiger partial charge in [0.15, 0.2) is 0 Å². The van der Waals surface area contributed by atoms with Gasteiger partial charge in [-0.1, -0.05) is 83.3 Å². The molecular weight excluding hydrogens is 414 g/mol. The Bertz CT molecular complexity index is 988. The van der Waals surface area contributed by atoms with Gasteiger partial charge in [-0.05, 0) is 37.5 Å². The molecule has 2 heterocycles. The molecule has 2 amide bonds. The molecule has 0 saturated carbocycles. The first kappa shape index (κ1) is 25.0. The molecule has 1 atom stereocenters. The fraction of sp³-hybridized carbons (Fsp3) is 0.593. The summed E-state index contributed by atoms with van der Waals surface area (Å²) in [7, 11) is 0. The van der Waals surface area contributed by atoms with Crippen LogP contribution in [0.1, 0.15) is 96.8 Å². The second-order valence-electron chi connectivity index (χ2n) is 9.31. The average molecular weight is 454 g/mol. The van der Waals surface area contributed by atoms with Crippen molar-refractivity contribution in [3.63, 3.8) is 0 Å². The fourth-order valence-electron chi connectivity index (χ4n) is 4.62. The van der Waals surface area contributed by atoms with Crippen molar-refractivity contribution in [1.82, 2.24) is 10.2 Å². The number of hydrogen-bond donors (Lipinski definition) is 2. The summed E-state index contributed by atoms with van der Waals surface area (Å²) in [6, 6.07) is 4.97. The molecule has 0 spiro atoms. The molecule has 1 unspecified atom stereocenters. The Balaban J connectivity index is 1.31. The van der Waals surface area contributed by atoms with Crippen molar-refractivity contribution in [3.05, 3.63) is 40.7 Å². The fourth-order valence-corrected chi connectivity index (χ4v) is 4.62. The maximum atomic E-state index is 12.8. The van der Waals surface area contributed by atoms with Crippen LogP contribution in [0.3, 0.4) is 0 Å². The highest BCUT2D eigenvalue weighted by atomic mass is 16.2. The van der Waals surface area contributed by atoms with Gasteiger partial charge in [-0.25, -0.2) is 0 Å². The minimum absolute atomic E-state index is 0.156. The third kappa shape index (κ3) is 7.18. The molecular formula is C27H39N3O3. The number of rotatable bonds is 15. The third-order valence-electron chi connectivity index (χ3n) is 6.62. The lowest BCUT2D eigenvalue weighted by Crippen LogP contribution is -2.30. The molecule has 6 heteroatoms. The number of nitrogens with zero attached hydrogens (tertiary/aromatic N) is 1. The van der Waals surface area contributed by atoms with Gasteiger partial charge in [0.1, 0.15) is 0 Å². The second-order valence-corrected chi connectivity index (χ2v) is 9.31. The zero-order valence-electron chi connectivity index (χ0n) is 20.0. The molecule has 1 fully saturated rings. The lowest BCUT2D eigenvalue weighted by Gasteiger charge is -2.14. The first-order valence-electron chi connectivity index (χ1n) is 12.8. The van der Waals surface area contributed by atoms with Crippen LogP contribution >= 0.6 is 0 Å². The number of aromatic amines is 2. The molecule has 0 aliphatic carbocycles. The molecule has 1 aromatic heterocycles. The average Bonchev–Trinajstić information content (AvgIpc) is 3.32. The van der Waals surface area contributed by atoms with Crippen molar-refractivity contribution in [1.29, 1.82) is 0 Å². The predicted octanol–water partition coefficient (Wildman–Crippen LogP) is 6.38. The molecule has 1 aromatic carbocycles. The number of carbonyl (C=O) groups excluding carboxylic acids is 2. The van der Waals surface area contributed by atoms with Gasteiger partial charge in [0.2, 0.25) is 11.8 Å². The van der Waals surface area contributed by atoms with Crippen molar-refractivity contribution < 1.29 is 9.59 Å². The lowest BCUT2D eigenvalue weighted by molar-refractivity contribution is -0.122. The Labute approximate surface area is 196 Å². The van der Waals surface area contributed by atoms with Crippen LogP contribution in [0.15, 0.2) is 35.1 Å². The molecule has 0 radical (unpaired) electrons. The number of amides is 2. The van der Waals surface area contributed by atoms with Crippen molar-refractivity contribution in [2.45, 2.75) is 96.8 Å². The largest absolute Gasteiger partial charge is 0.297 e. The molecule has 1 saturated heterocycles. The number of aromatic nitrogens is 2. The topological polar surface area (TPSA) is 86.0 Å². The Morgan fingerprint density at radius 2 is 1.55 bits per heavy atom. The number of imide groups is 1.